The fourth-order valence-corrected chi connectivity index (χ4v) is 156. The number of unbranched alkanes of at least 4 members (excludes halogenated alkanes) is 1. The normalized spacial score (nSPS) is 17.8. The molecule has 0 atom stereocenters. The number of alkyl halides is 78. The van der Waals surface area contributed by atoms with Gasteiger partial charge in [0.1, 0.15) is 0 Å². The smallest absolute Gasteiger partial charge is 0.0801 e. The van der Waals surface area contributed by atoms with Crippen molar-refractivity contribution in [2.24, 2.45) is 0 Å². The van der Waals surface area contributed by atoms with E-state index in [-0.39, 0.29) is 24.5 Å². The third-order valence-corrected chi connectivity index (χ3v) is 165. The molecule has 0 N–H and O–H groups in total. The predicted octanol–water partition coefficient (Wildman–Crippen LogP) is 51.1. The third kappa shape index (κ3) is 26.3. The van der Waals surface area contributed by atoms with Crippen LogP contribution in [0.2, 0.25) is 0 Å². The van der Waals surface area contributed by atoms with E-state index in [1.165, 1.54) is 45.2 Å². The van der Waals surface area contributed by atoms with Gasteiger partial charge in [-0.15, -0.1) is 0 Å². The minimum Gasteiger partial charge on any atom is -0.0801 e. The first-order valence-corrected chi connectivity index (χ1v) is 77.4. The minimum absolute atomic E-state index is 0.0432. The Balaban J connectivity index is 14.3. The Morgan fingerprint density at radius 2 is 0.552 bits per heavy atom. The van der Waals surface area contributed by atoms with E-state index in [0.29, 0.717) is 45.2 Å². The first kappa shape index (κ1) is 150. The van der Waals surface area contributed by atoms with Gasteiger partial charge in [0.15, 0.2) is 0 Å². The molecule has 0 fully saturated rings. The van der Waals surface area contributed by atoms with Gasteiger partial charge in [0, 0.05) is 0 Å². The molecule has 0 bridgehead atoms. The van der Waals surface area contributed by atoms with Crippen molar-refractivity contribution in [3.05, 3.63) is 0 Å². The van der Waals surface area contributed by atoms with Gasteiger partial charge in [-0.3, -0.25) is 0 Å². The van der Waals surface area contributed by atoms with E-state index in [1.54, 1.807) is 45.2 Å². The quantitative estimate of drug-likeness (QED) is 0.0194. The van der Waals surface area contributed by atoms with Gasteiger partial charge in [0.05, 0.1) is 0 Å². The predicted molar refractivity (Wildman–Crippen MR) is 653 cm³/mol. The maximum atomic E-state index is 20.2. The fourth-order valence-electron chi connectivity index (χ4n) is 6.67. The Labute approximate surface area is 1120 Å². The van der Waals surface area contributed by atoms with Gasteiger partial charge >= 0.3 is 997 Å². The van der Waals surface area contributed by atoms with Crippen LogP contribution in [0.25, 0.3) is 0 Å². The number of halogens is 78. The summed E-state index contributed by atoms with van der Waals surface area (Å²) in [6.45, 7) is 0. The van der Waals surface area contributed by atoms with Crippen LogP contribution in [0.4, 0.5) is 105 Å². The van der Waals surface area contributed by atoms with Crippen molar-refractivity contribution < 1.29 is 105 Å². The number of rotatable bonds is 41. The van der Waals surface area contributed by atoms with Gasteiger partial charge in [-0.2, -0.15) is 35.1 Å². The molecule has 0 nitrogen and oxygen atoms in total. The molecule has 0 aromatic rings. The second-order valence-corrected chi connectivity index (χ2v) is 147. The maximum absolute atomic E-state index is 20.2. The zero-order chi connectivity index (χ0) is 103. The Morgan fingerprint density at radius 1 is 0.280 bits per heavy atom. The molecule has 0 saturated carbocycles. The van der Waals surface area contributed by atoms with Crippen molar-refractivity contribution in [1.29, 1.82) is 0 Å². The van der Waals surface area contributed by atoms with Gasteiger partial charge in [0.2, 0.25) is 0 Å². The molecule has 0 saturated heterocycles. The van der Waals surface area contributed by atoms with Gasteiger partial charge in [-0.05, 0) is 0 Å². The molecule has 0 spiro atoms. The van der Waals surface area contributed by atoms with Crippen LogP contribution < -0.4 is 0 Å². The first-order valence-electron chi connectivity index (χ1n) is 26.2. The molecule has 86 heteroatoms. The molecule has 0 aromatic carbocycles. The summed E-state index contributed by atoms with van der Waals surface area (Å²) in [5.41, 5.74) is 0. The van der Waals surface area contributed by atoms with Crippen LogP contribution in [-0.4, -0.2) is 150 Å². The summed E-state index contributed by atoms with van der Waals surface area (Å²) in [5.74, 6) is -64.9. The van der Waals surface area contributed by atoms with Crippen molar-refractivity contribution in [2.45, 2.75) is 151 Å². The van der Waals surface area contributed by atoms with Crippen molar-refractivity contribution in [3.8, 4) is 0 Å². The zero-order valence-electron chi connectivity index (χ0n) is 53.1. The molecule has 125 heavy (non-hydrogen) atoms. The Hall–Kier alpha value is 24.5. The minimum atomic E-state index is -12.1. The number of hydrogen-bond acceptors (Lipinski definition) is 7. The molecule has 0 aliphatic heterocycles. The van der Waals surface area contributed by atoms with Crippen LogP contribution in [0, 0.1) is 0 Å². The molecule has 0 aliphatic rings. The summed E-state index contributed by atoms with van der Waals surface area (Å²) in [5, 5.41) is -17.9. The molecule has 0 rings (SSSR count). The SMILES string of the molecule is FC(F)(F)C(F)(F)C(F)(F)C(F)(F)C(F)(F)SS(SC(F)(F)C(F)(F)C(F)(F)C(F)(F)C(F)(F)C(F)(F)F)(SC(Cl)(Cl)C(Cl)(Cl)C(Cl)(Cl)C(Cl)(Cl)C(Cl)(Cl)Cl)(SC(Br)(Br)C(Br)(Br)C(Br)(Br)C(Br)(Br)C(Br)(Br)Br)(SC(I)(I)C(I)(I)C(I)(I)C(I)(I)I(SCCCCCl)SC(Br)(Br)C(Br)(Br)C(Br)(Br)C(Br)(Br)Br)C(Cl)(Cl)C(Cl)(Cl)C(Cl)(Cl)C(Cl)(Cl)C(Cl)(Cl)C(Cl)(Cl)Cl. The van der Waals surface area contributed by atoms with E-state index in [2.05, 4.69) is 319 Å². The van der Waals surface area contributed by atoms with Gasteiger partial charge in [-0.1, -0.05) is 117 Å². The molecule has 0 amide bonds. The molecule has 0 unspecified atom stereocenters. The second kappa shape index (κ2) is 46.6. The molecule has 758 valence electrons. The van der Waals surface area contributed by atoms with Crippen LogP contribution in [0.3, 0.4) is 0 Å². The average molecular weight is 4820 g/mol. The van der Waals surface area contributed by atoms with Crippen LogP contribution in [-0.2, 0) is 0 Å². The van der Waals surface area contributed by atoms with Crippen molar-refractivity contribution in [2.75, 3.05) is 11.6 Å². The summed E-state index contributed by atoms with van der Waals surface area (Å²) in [6.07, 6.45) is -16.6. The summed E-state index contributed by atoms with van der Waals surface area (Å²) in [6, 6.07) is 0. The van der Waals surface area contributed by atoms with E-state index in [4.69, 9.17) is 290 Å². The van der Waals surface area contributed by atoms with Gasteiger partial charge in [-0.25, -0.2) is 0 Å². The average Bonchev–Trinajstić information content (AvgIpc) is 0.612. The van der Waals surface area contributed by atoms with Crippen LogP contribution in [0.1, 0.15) is 12.8 Å². The van der Waals surface area contributed by atoms with Crippen molar-refractivity contribution in [1.82, 2.24) is 0 Å². The standard InChI is InChI=1S/C39H8Br20Cl25F24I9S8/c40-5(41,6(42,43)26(50,51)52)8(46,47)29(58,59)120-125(121-32(81,82)15(71,72)12(65,66)14(69,70)31(78,79)80,123-37(107,108)23(97,98)19(89,90)21(93,94)35(102,103)104,33(83,84)16(73,74)11(63,64)10(61,62)13(67,68)30(75,76)77,122-36(105,106)22(95,96)18(87,88)17(85,86)20(91,92)34(99,100)101)124-39(115,116)25(111,112)24(109,110)38(113,114)117(118-4-2-1-3-60)119-28(56,57)9(48,49)7(44,45)27(53,54)55/h1-4H2. The van der Waals surface area contributed by atoms with Crippen molar-refractivity contribution in [3.63, 3.8) is 0 Å². The Bertz CT molecular complexity index is 3740. The number of hydrogen-bond donors (Lipinski definition) is 0. The van der Waals surface area contributed by atoms with Gasteiger partial charge in [0.25, 0.3) is 0 Å². The van der Waals surface area contributed by atoms with E-state index in [1.807, 2.05) is 0 Å². The second-order valence-electron chi connectivity index (χ2n) is 22.2. The Kier molecular flexibility index (Phi) is 55.7. The summed E-state index contributed by atoms with van der Waals surface area (Å²) in [7, 11) is -12.2. The Morgan fingerprint density at radius 3 is 0.840 bits per heavy atom. The van der Waals surface area contributed by atoms with E-state index < -0.39 is 213 Å². The topological polar surface area (TPSA) is 0 Å². The van der Waals surface area contributed by atoms with E-state index in [0.717, 1.165) is 63.0 Å². The molecule has 0 aromatic heterocycles. The summed E-state index contributed by atoms with van der Waals surface area (Å²) >= 11 is 237. The molecule has 0 aliphatic carbocycles. The van der Waals surface area contributed by atoms with E-state index >= 15 is 79.0 Å². The molecule has 0 radical (unpaired) electrons. The fraction of sp³-hybridized carbons (Fsp3) is 1.00. The van der Waals surface area contributed by atoms with Crippen LogP contribution in [0.5, 0.6) is 0 Å². The molecular formula is C39H8Br20Cl25F24I9S8. The molecular weight excluding hydrogens is 4810 g/mol. The monoisotopic (exact) mass is 4780 g/mol. The zero-order valence-corrected chi connectivity index (χ0v) is 130. The van der Waals surface area contributed by atoms with Gasteiger partial charge < -0.3 is 0 Å². The molecule has 0 heterocycles. The summed E-state index contributed by atoms with van der Waals surface area (Å²) in [4.78, 5) is 0. The van der Waals surface area contributed by atoms with Crippen LogP contribution >= 0.6 is 882 Å². The third-order valence-electron chi connectivity index (χ3n) is 13.6. The summed E-state index contributed by atoms with van der Waals surface area (Å²) < 4.78 is 305. The van der Waals surface area contributed by atoms with Crippen molar-refractivity contribution >= 4 is 882 Å². The van der Waals surface area contributed by atoms with E-state index in [9.17, 15) is 26.3 Å². The van der Waals surface area contributed by atoms with Crippen LogP contribution in [0.15, 0.2) is 0 Å². The first-order chi connectivity index (χ1) is 52.6.